The molecular weight excluding hydrogens is 504 g/mol. The van der Waals surface area contributed by atoms with Gasteiger partial charge in [0.1, 0.15) is 0 Å². The average molecular weight is 525 g/mol. The third kappa shape index (κ3) is 5.32. The molecule has 2 N–H and O–H groups in total. The summed E-state index contributed by atoms with van der Waals surface area (Å²) in [6.45, 7) is 0. The zero-order valence-corrected chi connectivity index (χ0v) is 19.3. The highest BCUT2D eigenvalue weighted by atomic mass is 19.4. The SMILES string of the molecule is Cn1nc(Cc2cccc(C(F)(F)F)c2)c(C(=O)NC2(c3ccc(C(=O)O)cc3)CC2)c1C(F)C(F)F. The maximum atomic E-state index is 14.6. The third-order valence-corrected chi connectivity index (χ3v) is 6.29. The van der Waals surface area contributed by atoms with Gasteiger partial charge < -0.3 is 10.4 Å². The summed E-state index contributed by atoms with van der Waals surface area (Å²) in [6, 6.07) is 9.98. The van der Waals surface area contributed by atoms with Gasteiger partial charge in [0, 0.05) is 13.5 Å². The van der Waals surface area contributed by atoms with Crippen molar-refractivity contribution in [3.63, 3.8) is 0 Å². The van der Waals surface area contributed by atoms with E-state index in [1.165, 1.54) is 43.4 Å². The molecule has 12 heteroatoms. The van der Waals surface area contributed by atoms with Crippen molar-refractivity contribution in [1.29, 1.82) is 0 Å². The van der Waals surface area contributed by atoms with Crippen molar-refractivity contribution in [2.45, 2.75) is 43.6 Å². The van der Waals surface area contributed by atoms with Crippen molar-refractivity contribution in [3.8, 4) is 0 Å². The zero-order chi connectivity index (χ0) is 27.1. The maximum Gasteiger partial charge on any atom is 0.416 e. The van der Waals surface area contributed by atoms with Gasteiger partial charge in [-0.15, -0.1) is 0 Å². The first-order valence-corrected chi connectivity index (χ1v) is 11.1. The fourth-order valence-electron chi connectivity index (χ4n) is 4.27. The van der Waals surface area contributed by atoms with E-state index in [4.69, 9.17) is 5.11 Å². The van der Waals surface area contributed by atoms with E-state index in [1.54, 1.807) is 0 Å². The van der Waals surface area contributed by atoms with Crippen LogP contribution in [0.5, 0.6) is 0 Å². The molecule has 1 aliphatic carbocycles. The van der Waals surface area contributed by atoms with Gasteiger partial charge in [0.25, 0.3) is 12.3 Å². The molecule has 6 nitrogen and oxygen atoms in total. The lowest BCUT2D eigenvalue weighted by molar-refractivity contribution is -0.137. The molecule has 1 aromatic heterocycles. The van der Waals surface area contributed by atoms with Gasteiger partial charge in [0.15, 0.2) is 0 Å². The summed E-state index contributed by atoms with van der Waals surface area (Å²) in [4.78, 5) is 24.5. The molecular formula is C25H21F6N3O3. The van der Waals surface area contributed by atoms with E-state index in [9.17, 15) is 35.9 Å². The van der Waals surface area contributed by atoms with Gasteiger partial charge in [-0.05, 0) is 42.2 Å². The van der Waals surface area contributed by atoms with Crippen LogP contribution in [0.1, 0.15) is 67.8 Å². The lowest BCUT2D eigenvalue weighted by atomic mass is 9.99. The van der Waals surface area contributed by atoms with E-state index in [0.29, 0.717) is 18.4 Å². The summed E-state index contributed by atoms with van der Waals surface area (Å²) in [7, 11) is 1.17. The van der Waals surface area contributed by atoms with Gasteiger partial charge in [-0.2, -0.15) is 18.3 Å². The second-order valence-electron chi connectivity index (χ2n) is 8.86. The van der Waals surface area contributed by atoms with Gasteiger partial charge in [0.05, 0.1) is 33.6 Å². The van der Waals surface area contributed by atoms with E-state index >= 15 is 0 Å². The number of alkyl halides is 6. The molecule has 1 heterocycles. The van der Waals surface area contributed by atoms with Crippen LogP contribution >= 0.6 is 0 Å². The molecule has 2 aromatic carbocycles. The highest BCUT2D eigenvalue weighted by Crippen LogP contribution is 2.46. The second-order valence-corrected chi connectivity index (χ2v) is 8.86. The summed E-state index contributed by atoms with van der Waals surface area (Å²) < 4.78 is 81.6. The number of carbonyl (C=O) groups excluding carboxylic acids is 1. The van der Waals surface area contributed by atoms with Crippen molar-refractivity contribution in [3.05, 3.63) is 87.7 Å². The van der Waals surface area contributed by atoms with Crippen LogP contribution in [0.3, 0.4) is 0 Å². The van der Waals surface area contributed by atoms with Gasteiger partial charge in [-0.1, -0.05) is 30.3 Å². The molecule has 0 spiro atoms. The number of nitrogens with zero attached hydrogens (tertiary/aromatic N) is 2. The van der Waals surface area contributed by atoms with Crippen molar-refractivity contribution >= 4 is 11.9 Å². The molecule has 3 aromatic rings. The Morgan fingerprint density at radius 2 is 1.76 bits per heavy atom. The highest BCUT2D eigenvalue weighted by molar-refractivity contribution is 5.97. The number of carbonyl (C=O) groups is 2. The van der Waals surface area contributed by atoms with E-state index in [2.05, 4.69) is 10.4 Å². The molecule has 0 radical (unpaired) electrons. The summed E-state index contributed by atoms with van der Waals surface area (Å²) in [5.74, 6) is -2.05. The number of amides is 1. The van der Waals surface area contributed by atoms with Crippen LogP contribution in [-0.4, -0.2) is 33.2 Å². The first-order valence-electron chi connectivity index (χ1n) is 11.1. The van der Waals surface area contributed by atoms with Crippen molar-refractivity contribution in [2.24, 2.45) is 7.05 Å². The molecule has 0 bridgehead atoms. The number of hydrogen-bond acceptors (Lipinski definition) is 3. The number of aromatic carboxylic acids is 1. The number of carboxylic acid groups (broad SMARTS) is 1. The molecule has 1 saturated carbocycles. The minimum absolute atomic E-state index is 0.0287. The van der Waals surface area contributed by atoms with E-state index in [0.717, 1.165) is 16.8 Å². The van der Waals surface area contributed by atoms with Gasteiger partial charge in [-0.3, -0.25) is 9.48 Å². The van der Waals surface area contributed by atoms with Crippen LogP contribution in [0.25, 0.3) is 0 Å². The van der Waals surface area contributed by atoms with E-state index in [-0.39, 0.29) is 23.2 Å². The quantitative estimate of drug-likeness (QED) is 0.385. The Bertz CT molecular complexity index is 1330. The first kappa shape index (κ1) is 26.2. The standard InChI is InChI=1S/C25H21F6N3O3/c1-34-20(19(26)21(27)28)18(17(33-34)12-13-3-2-4-16(11-13)25(29,30)31)22(35)32-24(9-10-24)15-7-5-14(6-8-15)23(36)37/h2-8,11,19,21H,9-10,12H2,1H3,(H,32,35)(H,36,37). The Hall–Kier alpha value is -3.83. The molecule has 196 valence electrons. The Labute approximate surface area is 206 Å². The van der Waals surface area contributed by atoms with Crippen LogP contribution in [0, 0.1) is 0 Å². The van der Waals surface area contributed by atoms with Gasteiger partial charge in [-0.25, -0.2) is 18.0 Å². The fourth-order valence-corrected chi connectivity index (χ4v) is 4.27. The van der Waals surface area contributed by atoms with Crippen LogP contribution in [0.2, 0.25) is 0 Å². The van der Waals surface area contributed by atoms with Gasteiger partial charge in [0.2, 0.25) is 6.17 Å². The first-order chi connectivity index (χ1) is 17.3. The topological polar surface area (TPSA) is 84.2 Å². The predicted molar refractivity (Wildman–Crippen MR) is 119 cm³/mol. The Balaban J connectivity index is 1.70. The Morgan fingerprint density at radius 3 is 2.30 bits per heavy atom. The summed E-state index contributed by atoms with van der Waals surface area (Å²) in [5, 5.41) is 15.8. The Kier molecular flexibility index (Phi) is 6.78. The normalized spacial score (nSPS) is 15.5. The number of aromatic nitrogens is 2. The van der Waals surface area contributed by atoms with Gasteiger partial charge >= 0.3 is 12.1 Å². The summed E-state index contributed by atoms with van der Waals surface area (Å²) >= 11 is 0. The number of halogens is 6. The molecule has 0 saturated heterocycles. The van der Waals surface area contributed by atoms with Crippen molar-refractivity contribution in [1.82, 2.24) is 15.1 Å². The minimum Gasteiger partial charge on any atom is -0.478 e. The lowest BCUT2D eigenvalue weighted by Gasteiger charge is -2.19. The molecule has 1 fully saturated rings. The monoisotopic (exact) mass is 525 g/mol. The number of rotatable bonds is 8. The number of nitrogens with one attached hydrogen (secondary N) is 1. The maximum absolute atomic E-state index is 14.6. The van der Waals surface area contributed by atoms with Crippen molar-refractivity contribution in [2.75, 3.05) is 0 Å². The average Bonchev–Trinajstić information content (AvgIpc) is 3.54. The number of hydrogen-bond donors (Lipinski definition) is 2. The second kappa shape index (κ2) is 9.56. The smallest absolute Gasteiger partial charge is 0.416 e. The summed E-state index contributed by atoms with van der Waals surface area (Å²) in [6.07, 6.45) is -10.4. The van der Waals surface area contributed by atoms with E-state index < -0.39 is 53.0 Å². The van der Waals surface area contributed by atoms with Crippen molar-refractivity contribution < 1.29 is 41.0 Å². The highest BCUT2D eigenvalue weighted by Gasteiger charge is 2.47. The number of aryl methyl sites for hydroxylation is 1. The largest absolute Gasteiger partial charge is 0.478 e. The zero-order valence-electron chi connectivity index (χ0n) is 19.3. The third-order valence-electron chi connectivity index (χ3n) is 6.29. The molecule has 0 aliphatic heterocycles. The molecule has 4 rings (SSSR count). The number of carboxylic acids is 1. The summed E-state index contributed by atoms with van der Waals surface area (Å²) in [5.41, 5.74) is -2.48. The molecule has 1 unspecified atom stereocenters. The minimum atomic E-state index is -4.63. The van der Waals surface area contributed by atoms with Crippen LogP contribution < -0.4 is 5.32 Å². The van der Waals surface area contributed by atoms with Crippen LogP contribution in [-0.2, 0) is 25.2 Å². The number of benzene rings is 2. The Morgan fingerprint density at radius 1 is 1.11 bits per heavy atom. The fraction of sp³-hybridized carbons (Fsp3) is 0.320. The molecule has 1 aliphatic rings. The molecule has 37 heavy (non-hydrogen) atoms. The van der Waals surface area contributed by atoms with Crippen LogP contribution in [0.15, 0.2) is 48.5 Å². The molecule has 1 amide bonds. The predicted octanol–water partition coefficient (Wildman–Crippen LogP) is 5.42. The lowest BCUT2D eigenvalue weighted by Crippen LogP contribution is -2.36. The molecule has 1 atom stereocenters. The van der Waals surface area contributed by atoms with Crippen LogP contribution in [0.4, 0.5) is 26.3 Å². The van der Waals surface area contributed by atoms with E-state index in [1.807, 2.05) is 0 Å².